The third-order valence-corrected chi connectivity index (χ3v) is 2.91. The van der Waals surface area contributed by atoms with Crippen LogP contribution in [0, 0.1) is 5.92 Å². The van der Waals surface area contributed by atoms with E-state index >= 15 is 0 Å². The van der Waals surface area contributed by atoms with Crippen LogP contribution in [-0.4, -0.2) is 28.5 Å². The Hall–Kier alpha value is -0.940. The van der Waals surface area contributed by atoms with Crippen molar-refractivity contribution in [3.63, 3.8) is 0 Å². The zero-order chi connectivity index (χ0) is 11.5. The first-order chi connectivity index (χ1) is 7.76. The molecule has 5 heteroatoms. The van der Waals surface area contributed by atoms with Crippen LogP contribution < -0.4 is 5.73 Å². The first kappa shape index (κ1) is 11.5. The van der Waals surface area contributed by atoms with Gasteiger partial charge in [-0.05, 0) is 18.8 Å². The van der Waals surface area contributed by atoms with E-state index in [1.54, 1.807) is 7.11 Å². The van der Waals surface area contributed by atoms with E-state index in [4.69, 9.17) is 10.5 Å². The summed E-state index contributed by atoms with van der Waals surface area (Å²) in [4.78, 5) is 0. The van der Waals surface area contributed by atoms with E-state index in [1.165, 1.54) is 12.8 Å². The third-order valence-electron chi connectivity index (χ3n) is 2.91. The molecule has 0 aromatic carbocycles. The normalized spacial score (nSPS) is 17.7. The van der Waals surface area contributed by atoms with Gasteiger partial charge in [0, 0.05) is 26.2 Å². The molecule has 1 heterocycles. The molecule has 0 aliphatic heterocycles. The first-order valence-electron chi connectivity index (χ1n) is 5.88. The standard InChI is InChI=1S/C11H20N4O/c1-8(7-16-2)5-10-13-14-11(6-12)15(10)9-3-4-9/h8-9H,3-7,12H2,1-2H3. The first-order valence-corrected chi connectivity index (χ1v) is 5.88. The highest BCUT2D eigenvalue weighted by Crippen LogP contribution is 2.36. The van der Waals surface area contributed by atoms with Gasteiger partial charge in [0.1, 0.15) is 11.6 Å². The lowest BCUT2D eigenvalue weighted by Crippen LogP contribution is -2.14. The van der Waals surface area contributed by atoms with Crippen LogP contribution in [0.25, 0.3) is 0 Å². The fraction of sp³-hybridized carbons (Fsp3) is 0.818. The maximum absolute atomic E-state index is 5.67. The van der Waals surface area contributed by atoms with Crippen molar-refractivity contribution >= 4 is 0 Å². The van der Waals surface area contributed by atoms with Crippen molar-refractivity contribution in [1.82, 2.24) is 14.8 Å². The highest BCUT2D eigenvalue weighted by molar-refractivity contribution is 5.03. The number of nitrogens with zero attached hydrogens (tertiary/aromatic N) is 3. The van der Waals surface area contributed by atoms with Gasteiger partial charge < -0.3 is 15.0 Å². The molecule has 1 aliphatic carbocycles. The van der Waals surface area contributed by atoms with Gasteiger partial charge in [-0.3, -0.25) is 0 Å². The van der Waals surface area contributed by atoms with Crippen LogP contribution in [0.5, 0.6) is 0 Å². The summed E-state index contributed by atoms with van der Waals surface area (Å²) in [6.45, 7) is 3.40. The highest BCUT2D eigenvalue weighted by atomic mass is 16.5. The van der Waals surface area contributed by atoms with Crippen molar-refractivity contribution in [2.75, 3.05) is 13.7 Å². The number of rotatable bonds is 6. The molecule has 2 N–H and O–H groups in total. The van der Waals surface area contributed by atoms with Crippen LogP contribution in [0.3, 0.4) is 0 Å². The Morgan fingerprint density at radius 3 is 2.69 bits per heavy atom. The van der Waals surface area contributed by atoms with E-state index < -0.39 is 0 Å². The molecule has 1 fully saturated rings. The zero-order valence-corrected chi connectivity index (χ0v) is 10.0. The number of hydrogen-bond donors (Lipinski definition) is 1. The highest BCUT2D eigenvalue weighted by Gasteiger charge is 2.29. The van der Waals surface area contributed by atoms with E-state index in [0.717, 1.165) is 24.7 Å². The van der Waals surface area contributed by atoms with Gasteiger partial charge in [0.05, 0.1) is 6.54 Å². The average Bonchev–Trinajstić information content (AvgIpc) is 3.01. The summed E-state index contributed by atoms with van der Waals surface area (Å²) in [6, 6.07) is 0.596. The molecular formula is C11H20N4O. The second kappa shape index (κ2) is 4.93. The third kappa shape index (κ3) is 2.41. The lowest BCUT2D eigenvalue weighted by Gasteiger charge is -2.12. The van der Waals surface area contributed by atoms with Crippen molar-refractivity contribution in [3.8, 4) is 0 Å². The van der Waals surface area contributed by atoms with Crippen molar-refractivity contribution < 1.29 is 4.74 Å². The molecule has 1 saturated carbocycles. The molecule has 0 radical (unpaired) electrons. The summed E-state index contributed by atoms with van der Waals surface area (Å²) in [5.74, 6) is 2.45. The Bertz CT molecular complexity index is 346. The van der Waals surface area contributed by atoms with Crippen LogP contribution in [0.15, 0.2) is 0 Å². The molecule has 16 heavy (non-hydrogen) atoms. The van der Waals surface area contributed by atoms with Crippen LogP contribution in [0.1, 0.15) is 37.5 Å². The molecule has 1 atom stereocenters. The molecule has 1 aromatic rings. The smallest absolute Gasteiger partial charge is 0.147 e. The van der Waals surface area contributed by atoms with Gasteiger partial charge >= 0.3 is 0 Å². The largest absolute Gasteiger partial charge is 0.384 e. The lowest BCUT2D eigenvalue weighted by atomic mass is 10.1. The molecule has 90 valence electrons. The lowest BCUT2D eigenvalue weighted by molar-refractivity contribution is 0.158. The second-order valence-electron chi connectivity index (χ2n) is 4.60. The van der Waals surface area contributed by atoms with E-state index in [-0.39, 0.29) is 0 Å². The fourth-order valence-corrected chi connectivity index (χ4v) is 2.05. The Morgan fingerprint density at radius 2 is 2.12 bits per heavy atom. The fourth-order valence-electron chi connectivity index (χ4n) is 2.05. The minimum Gasteiger partial charge on any atom is -0.384 e. The molecule has 0 bridgehead atoms. The predicted molar refractivity (Wildman–Crippen MR) is 60.9 cm³/mol. The van der Waals surface area contributed by atoms with Crippen molar-refractivity contribution in [2.24, 2.45) is 11.7 Å². The Kier molecular flexibility index (Phi) is 3.56. The van der Waals surface area contributed by atoms with E-state index in [1.807, 2.05) is 0 Å². The van der Waals surface area contributed by atoms with Crippen LogP contribution in [0.2, 0.25) is 0 Å². The summed E-state index contributed by atoms with van der Waals surface area (Å²) in [5, 5.41) is 8.40. The maximum atomic E-state index is 5.67. The molecular weight excluding hydrogens is 204 g/mol. The van der Waals surface area contributed by atoms with E-state index in [0.29, 0.717) is 18.5 Å². The molecule has 2 rings (SSSR count). The van der Waals surface area contributed by atoms with Gasteiger partial charge in [-0.15, -0.1) is 10.2 Å². The number of ether oxygens (including phenoxy) is 1. The predicted octanol–water partition coefficient (Wildman–Crippen LogP) is 0.897. The van der Waals surface area contributed by atoms with Crippen molar-refractivity contribution in [1.29, 1.82) is 0 Å². The number of hydrogen-bond acceptors (Lipinski definition) is 4. The van der Waals surface area contributed by atoms with Crippen LogP contribution in [-0.2, 0) is 17.7 Å². The van der Waals surface area contributed by atoms with Gasteiger partial charge in [0.25, 0.3) is 0 Å². The Balaban J connectivity index is 2.10. The average molecular weight is 224 g/mol. The molecule has 1 aliphatic rings. The van der Waals surface area contributed by atoms with Crippen molar-refractivity contribution in [2.45, 2.75) is 38.8 Å². The molecule has 0 saturated heterocycles. The Morgan fingerprint density at radius 1 is 1.44 bits per heavy atom. The quantitative estimate of drug-likeness (QED) is 0.779. The van der Waals surface area contributed by atoms with E-state index in [2.05, 4.69) is 21.7 Å². The van der Waals surface area contributed by atoms with Crippen LogP contribution in [0.4, 0.5) is 0 Å². The van der Waals surface area contributed by atoms with Crippen LogP contribution >= 0.6 is 0 Å². The SMILES string of the molecule is COCC(C)Cc1nnc(CN)n1C1CC1. The summed E-state index contributed by atoms with van der Waals surface area (Å²) < 4.78 is 7.37. The molecule has 0 amide bonds. The maximum Gasteiger partial charge on any atom is 0.147 e. The molecule has 0 spiro atoms. The molecule has 1 aromatic heterocycles. The van der Waals surface area contributed by atoms with Gasteiger partial charge in [0.15, 0.2) is 0 Å². The van der Waals surface area contributed by atoms with Gasteiger partial charge in [-0.25, -0.2) is 0 Å². The second-order valence-corrected chi connectivity index (χ2v) is 4.60. The van der Waals surface area contributed by atoms with Gasteiger partial charge in [0.2, 0.25) is 0 Å². The van der Waals surface area contributed by atoms with Crippen molar-refractivity contribution in [3.05, 3.63) is 11.6 Å². The minimum atomic E-state index is 0.470. The number of aromatic nitrogens is 3. The molecule has 5 nitrogen and oxygen atoms in total. The minimum absolute atomic E-state index is 0.470. The summed E-state index contributed by atoms with van der Waals surface area (Å²) >= 11 is 0. The topological polar surface area (TPSA) is 66.0 Å². The Labute approximate surface area is 96.0 Å². The summed E-state index contributed by atoms with van der Waals surface area (Å²) in [7, 11) is 1.73. The van der Waals surface area contributed by atoms with Gasteiger partial charge in [-0.1, -0.05) is 6.92 Å². The number of nitrogens with two attached hydrogens (primary N) is 1. The molecule has 1 unspecified atom stereocenters. The zero-order valence-electron chi connectivity index (χ0n) is 10.0. The summed E-state index contributed by atoms with van der Waals surface area (Å²) in [6.07, 6.45) is 3.38. The number of methoxy groups -OCH3 is 1. The summed E-state index contributed by atoms with van der Waals surface area (Å²) in [5.41, 5.74) is 5.67. The monoisotopic (exact) mass is 224 g/mol. The van der Waals surface area contributed by atoms with E-state index in [9.17, 15) is 0 Å². The van der Waals surface area contributed by atoms with Gasteiger partial charge in [-0.2, -0.15) is 0 Å².